The van der Waals surface area contributed by atoms with Gasteiger partial charge in [-0.25, -0.2) is 4.79 Å². The summed E-state index contributed by atoms with van der Waals surface area (Å²) in [6, 6.07) is 8.37. The van der Waals surface area contributed by atoms with Gasteiger partial charge in [0.2, 0.25) is 6.79 Å². The average molecular weight is 470 g/mol. The van der Waals surface area contributed by atoms with Crippen LogP contribution in [0.2, 0.25) is 0 Å². The van der Waals surface area contributed by atoms with Crippen molar-refractivity contribution in [1.82, 2.24) is 9.78 Å². The molecule has 0 aliphatic rings. The van der Waals surface area contributed by atoms with E-state index in [-0.39, 0.29) is 12.2 Å². The van der Waals surface area contributed by atoms with Crippen LogP contribution in [0.3, 0.4) is 0 Å². The van der Waals surface area contributed by atoms with Gasteiger partial charge in [0.15, 0.2) is 5.76 Å². The van der Waals surface area contributed by atoms with Crippen LogP contribution in [0.15, 0.2) is 29.3 Å². The lowest BCUT2D eigenvalue weighted by molar-refractivity contribution is -0.00602. The van der Waals surface area contributed by atoms with Crippen LogP contribution in [-0.4, -0.2) is 42.6 Å². The molecule has 2 aromatic rings. The lowest BCUT2D eigenvalue weighted by Gasteiger charge is -2.20. The van der Waals surface area contributed by atoms with Gasteiger partial charge in [0.25, 0.3) is 0 Å². The second kappa shape index (κ2) is 12.4. The van der Waals surface area contributed by atoms with E-state index >= 15 is 0 Å². The largest absolute Gasteiger partial charge is 0.511 e. The van der Waals surface area contributed by atoms with E-state index in [0.717, 1.165) is 40.9 Å². The van der Waals surface area contributed by atoms with Gasteiger partial charge in [-0.15, -0.1) is 0 Å². The van der Waals surface area contributed by atoms with Crippen LogP contribution in [0.5, 0.6) is 0 Å². The quantitative estimate of drug-likeness (QED) is 0.134. The summed E-state index contributed by atoms with van der Waals surface area (Å²) in [5.74, 6) is 0.551. The highest BCUT2D eigenvalue weighted by atomic mass is 16.8. The number of aliphatic imine (C=N–C) groups is 1. The third kappa shape index (κ3) is 6.95. The Morgan fingerprint density at radius 2 is 1.76 bits per heavy atom. The normalized spacial score (nSPS) is 12.6. The highest BCUT2D eigenvalue weighted by Gasteiger charge is 2.22. The van der Waals surface area contributed by atoms with E-state index in [2.05, 4.69) is 55.1 Å². The van der Waals surface area contributed by atoms with Crippen LogP contribution in [0.4, 0.5) is 4.79 Å². The van der Waals surface area contributed by atoms with E-state index in [0.29, 0.717) is 18.9 Å². The Labute approximate surface area is 203 Å². The number of hydrogen-bond donors (Lipinski definition) is 0. The summed E-state index contributed by atoms with van der Waals surface area (Å²) in [5.41, 5.74) is 5.74. The summed E-state index contributed by atoms with van der Waals surface area (Å²) in [5, 5.41) is 4.65. The van der Waals surface area contributed by atoms with Crippen LogP contribution in [0.1, 0.15) is 75.5 Å². The van der Waals surface area contributed by atoms with Crippen molar-refractivity contribution < 1.29 is 19.0 Å². The Bertz CT molecular complexity index is 1010. The zero-order valence-corrected chi connectivity index (χ0v) is 21.9. The van der Waals surface area contributed by atoms with Gasteiger partial charge in [0.05, 0.1) is 12.3 Å². The molecule has 7 nitrogen and oxygen atoms in total. The van der Waals surface area contributed by atoms with Gasteiger partial charge in [-0.1, -0.05) is 58.4 Å². The Balaban J connectivity index is 2.51. The minimum absolute atomic E-state index is 0.0427. The van der Waals surface area contributed by atoms with Crippen molar-refractivity contribution in [2.24, 2.45) is 4.99 Å². The Hall–Kier alpha value is -3.09. The summed E-state index contributed by atoms with van der Waals surface area (Å²) in [4.78, 5) is 16.2. The van der Waals surface area contributed by atoms with E-state index in [4.69, 9.17) is 14.2 Å². The summed E-state index contributed by atoms with van der Waals surface area (Å²) >= 11 is 0. The SMILES string of the molecule is CCCCOC(=O)OCO/C(=C(/C=NC)c1ccc(C(C)(C)C)cc1)c1c(C)c(C)nn1CC. The number of aryl methyl sites for hydroxylation is 2. The number of ether oxygens (including phenoxy) is 3. The van der Waals surface area contributed by atoms with Crippen LogP contribution >= 0.6 is 0 Å². The van der Waals surface area contributed by atoms with Crippen molar-refractivity contribution in [2.45, 2.75) is 73.3 Å². The van der Waals surface area contributed by atoms with Crippen molar-refractivity contribution in [1.29, 1.82) is 0 Å². The fourth-order valence-corrected chi connectivity index (χ4v) is 3.48. The molecule has 0 amide bonds. The molecule has 0 unspecified atom stereocenters. The predicted octanol–water partition coefficient (Wildman–Crippen LogP) is 6.31. The van der Waals surface area contributed by atoms with E-state index in [1.165, 1.54) is 5.56 Å². The second-order valence-electron chi connectivity index (χ2n) is 9.19. The van der Waals surface area contributed by atoms with Crippen molar-refractivity contribution in [2.75, 3.05) is 20.4 Å². The number of allylic oxidation sites excluding steroid dienone is 1. The van der Waals surface area contributed by atoms with E-state index in [9.17, 15) is 4.79 Å². The Morgan fingerprint density at radius 3 is 2.32 bits per heavy atom. The molecule has 34 heavy (non-hydrogen) atoms. The maximum absolute atomic E-state index is 11.9. The molecule has 186 valence electrons. The number of benzene rings is 1. The topological polar surface area (TPSA) is 74.9 Å². The van der Waals surface area contributed by atoms with Crippen molar-refractivity contribution in [3.8, 4) is 0 Å². The molecule has 0 bridgehead atoms. The fourth-order valence-electron chi connectivity index (χ4n) is 3.48. The van der Waals surface area contributed by atoms with Gasteiger partial charge in [-0.05, 0) is 43.7 Å². The van der Waals surface area contributed by atoms with Crippen LogP contribution < -0.4 is 0 Å². The first-order valence-electron chi connectivity index (χ1n) is 11.9. The molecule has 0 radical (unpaired) electrons. The number of carbonyl (C=O) groups excluding carboxylic acids is 1. The fraction of sp³-hybridized carbons (Fsp3) is 0.519. The molecule has 2 rings (SSSR count). The summed E-state index contributed by atoms with van der Waals surface area (Å²) in [7, 11) is 1.72. The molecule has 1 aromatic heterocycles. The van der Waals surface area contributed by atoms with Crippen LogP contribution in [0, 0.1) is 13.8 Å². The predicted molar refractivity (Wildman–Crippen MR) is 137 cm³/mol. The number of aromatic nitrogens is 2. The molecular formula is C27H39N3O4. The summed E-state index contributed by atoms with van der Waals surface area (Å²) in [6.07, 6.45) is 2.74. The first kappa shape index (κ1) is 27.2. The van der Waals surface area contributed by atoms with Gasteiger partial charge >= 0.3 is 6.16 Å². The maximum atomic E-state index is 11.9. The maximum Gasteiger partial charge on any atom is 0.511 e. The molecule has 0 fully saturated rings. The van der Waals surface area contributed by atoms with Crippen molar-refractivity contribution >= 4 is 23.7 Å². The van der Waals surface area contributed by atoms with Gasteiger partial charge in [-0.3, -0.25) is 9.67 Å². The lowest BCUT2D eigenvalue weighted by atomic mass is 9.86. The van der Waals surface area contributed by atoms with Gasteiger partial charge in [-0.2, -0.15) is 5.10 Å². The molecule has 0 aliphatic carbocycles. The number of nitrogens with zero attached hydrogens (tertiary/aromatic N) is 3. The molecule has 1 aromatic carbocycles. The summed E-state index contributed by atoms with van der Waals surface area (Å²) < 4.78 is 18.3. The molecule has 0 saturated carbocycles. The minimum Gasteiger partial charge on any atom is -0.454 e. The molecule has 1 heterocycles. The highest BCUT2D eigenvalue weighted by molar-refractivity contribution is 6.18. The third-order valence-electron chi connectivity index (χ3n) is 5.60. The second-order valence-corrected chi connectivity index (χ2v) is 9.19. The van der Waals surface area contributed by atoms with Crippen molar-refractivity contribution in [3.05, 3.63) is 52.3 Å². The number of unbranched alkanes of at least 4 members (excludes halogenated alkanes) is 1. The van der Waals surface area contributed by atoms with Gasteiger partial charge < -0.3 is 14.2 Å². The number of rotatable bonds is 10. The van der Waals surface area contributed by atoms with Crippen molar-refractivity contribution in [3.63, 3.8) is 0 Å². The standard InChI is InChI=1S/C27H39N3O4/c1-9-11-16-32-26(31)34-18-33-25(24-19(3)20(4)29-30(24)10-2)23(17-28-8)21-12-14-22(15-13-21)27(5,6)7/h12-15,17H,9-11,16,18H2,1-8H3/b25-23-,28-17?. The molecule has 0 saturated heterocycles. The van der Waals surface area contributed by atoms with E-state index < -0.39 is 6.16 Å². The monoisotopic (exact) mass is 469 g/mol. The summed E-state index contributed by atoms with van der Waals surface area (Å²) in [6.45, 7) is 15.3. The molecule has 0 aliphatic heterocycles. The smallest absolute Gasteiger partial charge is 0.454 e. The van der Waals surface area contributed by atoms with Gasteiger partial charge in [0.1, 0.15) is 5.69 Å². The molecule has 0 atom stereocenters. The Morgan fingerprint density at radius 1 is 1.09 bits per heavy atom. The van der Waals surface area contributed by atoms with Crippen LogP contribution in [0.25, 0.3) is 11.3 Å². The number of hydrogen-bond acceptors (Lipinski definition) is 6. The molecule has 0 N–H and O–H groups in total. The first-order valence-corrected chi connectivity index (χ1v) is 11.9. The van der Waals surface area contributed by atoms with E-state index in [1.54, 1.807) is 13.3 Å². The average Bonchev–Trinajstić information content (AvgIpc) is 3.08. The first-order chi connectivity index (χ1) is 16.1. The molecule has 0 spiro atoms. The lowest BCUT2D eigenvalue weighted by Crippen LogP contribution is -2.14. The van der Waals surface area contributed by atoms with Crippen LogP contribution in [-0.2, 0) is 26.2 Å². The molecular weight excluding hydrogens is 430 g/mol. The van der Waals surface area contributed by atoms with E-state index in [1.807, 2.05) is 32.4 Å². The highest BCUT2D eigenvalue weighted by Crippen LogP contribution is 2.31. The molecule has 7 heteroatoms. The zero-order valence-electron chi connectivity index (χ0n) is 21.9. The third-order valence-corrected chi connectivity index (χ3v) is 5.60. The van der Waals surface area contributed by atoms with Gasteiger partial charge in [0, 0.05) is 30.9 Å². The number of carbonyl (C=O) groups is 1. The Kier molecular flexibility index (Phi) is 9.90. The zero-order chi connectivity index (χ0) is 25.3. The minimum atomic E-state index is -0.745.